The Morgan fingerprint density at radius 3 is 2.47 bits per heavy atom. The highest BCUT2D eigenvalue weighted by Gasteiger charge is 2.32. The highest BCUT2D eigenvalue weighted by atomic mass is 16.6. The molecule has 1 amide bonds. The summed E-state index contributed by atoms with van der Waals surface area (Å²) in [5, 5.41) is 9.21. The second-order valence-corrected chi connectivity index (χ2v) is 5.99. The molecule has 0 aromatic heterocycles. The summed E-state index contributed by atoms with van der Waals surface area (Å²) in [4.78, 5) is 13.1. The van der Waals surface area contributed by atoms with E-state index in [-0.39, 0.29) is 30.8 Å². The van der Waals surface area contributed by atoms with Crippen molar-refractivity contribution in [3.63, 3.8) is 0 Å². The zero-order valence-corrected chi connectivity index (χ0v) is 11.7. The Labute approximate surface area is 114 Å². The monoisotopic (exact) mass is 263 g/mol. The van der Waals surface area contributed by atoms with Gasteiger partial charge in [-0.15, -0.1) is 0 Å². The number of cyclic esters (lactones) is 1. The van der Waals surface area contributed by atoms with Crippen LogP contribution in [-0.2, 0) is 16.7 Å². The highest BCUT2D eigenvalue weighted by Crippen LogP contribution is 2.23. The molecule has 1 aliphatic heterocycles. The molecule has 4 heteroatoms. The molecule has 1 aromatic carbocycles. The molecule has 104 valence electrons. The molecule has 1 aliphatic rings. The third-order valence-electron chi connectivity index (χ3n) is 3.46. The first-order valence-electron chi connectivity index (χ1n) is 6.55. The number of hydrogen-bond acceptors (Lipinski definition) is 3. The van der Waals surface area contributed by atoms with Gasteiger partial charge in [-0.25, -0.2) is 4.79 Å². The molecule has 19 heavy (non-hydrogen) atoms. The van der Waals surface area contributed by atoms with E-state index in [0.29, 0.717) is 6.54 Å². The maximum Gasteiger partial charge on any atom is 0.410 e. The van der Waals surface area contributed by atoms with Gasteiger partial charge in [0.1, 0.15) is 6.61 Å². The van der Waals surface area contributed by atoms with Crippen LogP contribution in [0.25, 0.3) is 0 Å². The molecule has 1 heterocycles. The van der Waals surface area contributed by atoms with Gasteiger partial charge in [0.25, 0.3) is 0 Å². The number of ether oxygens (including phenoxy) is 1. The number of aliphatic hydroxyl groups excluding tert-OH is 1. The predicted molar refractivity (Wildman–Crippen MR) is 72.9 cm³/mol. The van der Waals surface area contributed by atoms with Crippen LogP contribution in [0.15, 0.2) is 24.3 Å². The maximum absolute atomic E-state index is 11.6. The van der Waals surface area contributed by atoms with Crippen LogP contribution in [0.3, 0.4) is 0 Å². The Bertz CT molecular complexity index is 447. The van der Waals surface area contributed by atoms with E-state index < -0.39 is 0 Å². The summed E-state index contributed by atoms with van der Waals surface area (Å²) in [5.41, 5.74) is 2.43. The molecule has 0 bridgehead atoms. The summed E-state index contributed by atoms with van der Waals surface area (Å²) in [6.07, 6.45) is -0.348. The van der Waals surface area contributed by atoms with Crippen LogP contribution >= 0.6 is 0 Å². The van der Waals surface area contributed by atoms with E-state index in [1.165, 1.54) is 5.56 Å². The van der Waals surface area contributed by atoms with Gasteiger partial charge < -0.3 is 9.84 Å². The number of nitrogens with zero attached hydrogens (tertiary/aromatic N) is 1. The lowest BCUT2D eigenvalue weighted by atomic mass is 9.87. The molecular formula is C15H21NO3. The minimum Gasteiger partial charge on any atom is -0.447 e. The van der Waals surface area contributed by atoms with Gasteiger partial charge in [0.15, 0.2) is 0 Å². The Balaban J connectivity index is 2.09. The second kappa shape index (κ2) is 5.21. The van der Waals surface area contributed by atoms with Gasteiger partial charge in [-0.1, -0.05) is 45.0 Å². The van der Waals surface area contributed by atoms with Gasteiger partial charge >= 0.3 is 6.09 Å². The van der Waals surface area contributed by atoms with Crippen LogP contribution in [0.1, 0.15) is 31.9 Å². The summed E-state index contributed by atoms with van der Waals surface area (Å²) < 4.78 is 4.95. The van der Waals surface area contributed by atoms with Gasteiger partial charge in [-0.05, 0) is 16.5 Å². The van der Waals surface area contributed by atoms with Gasteiger partial charge in [-0.2, -0.15) is 0 Å². The lowest BCUT2D eigenvalue weighted by Gasteiger charge is -2.21. The van der Waals surface area contributed by atoms with Gasteiger partial charge in [0.05, 0.1) is 12.6 Å². The number of hydrogen-bond donors (Lipinski definition) is 1. The van der Waals surface area contributed by atoms with Crippen LogP contribution in [0.5, 0.6) is 0 Å². The molecule has 1 fully saturated rings. The average Bonchev–Trinajstić information content (AvgIpc) is 2.70. The third-order valence-corrected chi connectivity index (χ3v) is 3.46. The molecular weight excluding hydrogens is 242 g/mol. The van der Waals surface area contributed by atoms with Crippen LogP contribution < -0.4 is 0 Å². The lowest BCUT2D eigenvalue weighted by molar-refractivity contribution is 0.151. The van der Waals surface area contributed by atoms with Crippen molar-refractivity contribution in [2.75, 3.05) is 13.2 Å². The number of carbonyl (C=O) groups is 1. The Morgan fingerprint density at radius 2 is 1.95 bits per heavy atom. The summed E-state index contributed by atoms with van der Waals surface area (Å²) in [6, 6.07) is 8.01. The van der Waals surface area contributed by atoms with Crippen molar-refractivity contribution in [1.29, 1.82) is 0 Å². The largest absolute Gasteiger partial charge is 0.447 e. The third kappa shape index (κ3) is 3.07. The number of aliphatic hydroxyl groups is 1. The lowest BCUT2D eigenvalue weighted by Crippen LogP contribution is -2.35. The zero-order chi connectivity index (χ0) is 14.0. The number of carbonyl (C=O) groups excluding carboxylic acids is 1. The molecule has 0 radical (unpaired) electrons. The van der Waals surface area contributed by atoms with E-state index in [1.54, 1.807) is 4.90 Å². The molecule has 1 atom stereocenters. The molecule has 4 nitrogen and oxygen atoms in total. The Morgan fingerprint density at radius 1 is 1.32 bits per heavy atom. The molecule has 0 aliphatic carbocycles. The first-order valence-corrected chi connectivity index (χ1v) is 6.55. The molecule has 0 spiro atoms. The fraction of sp³-hybridized carbons (Fsp3) is 0.533. The number of amides is 1. The Hall–Kier alpha value is -1.55. The van der Waals surface area contributed by atoms with Crippen molar-refractivity contribution in [3.8, 4) is 0 Å². The minimum atomic E-state index is -0.348. The fourth-order valence-electron chi connectivity index (χ4n) is 2.14. The van der Waals surface area contributed by atoms with Crippen LogP contribution in [0.4, 0.5) is 4.79 Å². The van der Waals surface area contributed by atoms with Crippen LogP contribution in [0, 0.1) is 0 Å². The topological polar surface area (TPSA) is 49.8 Å². The summed E-state index contributed by atoms with van der Waals surface area (Å²) in [5.74, 6) is 0. The van der Waals surface area contributed by atoms with Crippen molar-refractivity contribution in [2.24, 2.45) is 0 Å². The van der Waals surface area contributed by atoms with Crippen molar-refractivity contribution in [3.05, 3.63) is 35.4 Å². The predicted octanol–water partition coefficient (Wildman–Crippen LogP) is 2.30. The van der Waals surface area contributed by atoms with Gasteiger partial charge in [0, 0.05) is 6.54 Å². The molecule has 0 unspecified atom stereocenters. The standard InChI is InChI=1S/C15H21NO3/c1-15(2,3)12-6-4-11(5-7-12)8-16-13(9-17)10-19-14(16)18/h4-7,13,17H,8-10H2,1-3H3/t13-/m1/s1. The normalized spacial score (nSPS) is 19.7. The number of benzene rings is 1. The minimum absolute atomic E-state index is 0.0637. The smallest absolute Gasteiger partial charge is 0.410 e. The molecule has 1 aromatic rings. The Kier molecular flexibility index (Phi) is 3.80. The molecule has 0 saturated carbocycles. The molecule has 1 saturated heterocycles. The van der Waals surface area contributed by atoms with Gasteiger partial charge in [-0.3, -0.25) is 4.90 Å². The van der Waals surface area contributed by atoms with Crippen molar-refractivity contribution in [2.45, 2.75) is 38.8 Å². The first-order chi connectivity index (χ1) is 8.91. The van der Waals surface area contributed by atoms with E-state index in [2.05, 4.69) is 32.9 Å². The number of rotatable bonds is 3. The van der Waals surface area contributed by atoms with Crippen molar-refractivity contribution < 1.29 is 14.6 Å². The van der Waals surface area contributed by atoms with E-state index in [1.807, 2.05) is 12.1 Å². The van der Waals surface area contributed by atoms with E-state index in [4.69, 9.17) is 4.74 Å². The van der Waals surface area contributed by atoms with Crippen molar-refractivity contribution >= 4 is 6.09 Å². The quantitative estimate of drug-likeness (QED) is 0.910. The second-order valence-electron chi connectivity index (χ2n) is 5.99. The average molecular weight is 263 g/mol. The molecule has 2 rings (SSSR count). The summed E-state index contributed by atoms with van der Waals surface area (Å²) in [6.45, 7) is 7.20. The van der Waals surface area contributed by atoms with Crippen molar-refractivity contribution in [1.82, 2.24) is 4.90 Å². The zero-order valence-electron chi connectivity index (χ0n) is 11.7. The van der Waals surface area contributed by atoms with Crippen LogP contribution in [-0.4, -0.2) is 35.4 Å². The molecule has 1 N–H and O–H groups in total. The fourth-order valence-corrected chi connectivity index (χ4v) is 2.14. The summed E-state index contributed by atoms with van der Waals surface area (Å²) in [7, 11) is 0. The SMILES string of the molecule is CC(C)(C)c1ccc(CN2C(=O)OC[C@H]2CO)cc1. The van der Waals surface area contributed by atoms with E-state index >= 15 is 0 Å². The van der Waals surface area contributed by atoms with Crippen LogP contribution in [0.2, 0.25) is 0 Å². The highest BCUT2D eigenvalue weighted by molar-refractivity contribution is 5.70. The van der Waals surface area contributed by atoms with E-state index in [0.717, 1.165) is 5.56 Å². The maximum atomic E-state index is 11.6. The summed E-state index contributed by atoms with van der Waals surface area (Å²) >= 11 is 0. The van der Waals surface area contributed by atoms with Gasteiger partial charge in [0.2, 0.25) is 0 Å². The first kappa shape index (κ1) is 13.9. The van der Waals surface area contributed by atoms with E-state index in [9.17, 15) is 9.90 Å².